The Morgan fingerprint density at radius 1 is 1.48 bits per heavy atom. The standard InChI is InChI=1S/C18H29N3O3S/c1-2-9-24-12-17(23)21-7-3-5-18(14-21)13-20(8-4-15(18)22)11-16-19-6-10-25-16/h6,10,15,22H,2-5,7-9,11-14H2,1H3/t15-,18-/m1/s1. The maximum atomic E-state index is 12.4. The molecule has 2 aliphatic rings. The minimum absolute atomic E-state index is 0.0526. The molecule has 3 rings (SSSR count). The maximum Gasteiger partial charge on any atom is 0.248 e. The van der Waals surface area contributed by atoms with Gasteiger partial charge >= 0.3 is 0 Å². The van der Waals surface area contributed by atoms with Gasteiger partial charge in [0, 0.05) is 49.8 Å². The summed E-state index contributed by atoms with van der Waals surface area (Å²) in [6, 6.07) is 0. The van der Waals surface area contributed by atoms with Crippen LogP contribution in [0.1, 0.15) is 37.6 Å². The molecule has 1 aromatic rings. The zero-order valence-corrected chi connectivity index (χ0v) is 15.8. The molecule has 2 atom stereocenters. The van der Waals surface area contributed by atoms with Gasteiger partial charge in [-0.3, -0.25) is 9.69 Å². The Hall–Kier alpha value is -1.02. The Bertz CT molecular complexity index is 554. The summed E-state index contributed by atoms with van der Waals surface area (Å²) in [5, 5.41) is 13.8. The van der Waals surface area contributed by atoms with Crippen molar-refractivity contribution < 1.29 is 14.6 Å². The predicted octanol–water partition coefficient (Wildman–Crippen LogP) is 1.75. The fourth-order valence-corrected chi connectivity index (χ4v) is 4.72. The summed E-state index contributed by atoms with van der Waals surface area (Å²) >= 11 is 1.67. The van der Waals surface area contributed by atoms with Crippen LogP contribution in [0.25, 0.3) is 0 Å². The molecule has 0 aliphatic carbocycles. The average molecular weight is 368 g/mol. The second-order valence-corrected chi connectivity index (χ2v) is 8.25. The molecule has 1 aromatic heterocycles. The molecule has 0 unspecified atom stereocenters. The molecule has 1 N–H and O–H groups in total. The second kappa shape index (κ2) is 8.58. The number of thiazole rings is 1. The Labute approximate surface area is 153 Å². The lowest BCUT2D eigenvalue weighted by Gasteiger charge is -2.51. The lowest BCUT2D eigenvalue weighted by molar-refractivity contribution is -0.146. The fourth-order valence-electron chi connectivity index (χ4n) is 4.07. The van der Waals surface area contributed by atoms with Gasteiger partial charge in [0.2, 0.25) is 5.91 Å². The van der Waals surface area contributed by atoms with E-state index in [2.05, 4.69) is 9.88 Å². The van der Waals surface area contributed by atoms with E-state index in [0.29, 0.717) is 13.2 Å². The minimum atomic E-state index is -0.341. The van der Waals surface area contributed by atoms with Crippen molar-refractivity contribution in [2.24, 2.45) is 5.41 Å². The van der Waals surface area contributed by atoms with Crippen LogP contribution in [-0.4, -0.2) is 71.3 Å². The van der Waals surface area contributed by atoms with Gasteiger partial charge in [0.25, 0.3) is 0 Å². The number of hydrogen-bond acceptors (Lipinski definition) is 6. The Kier molecular flexibility index (Phi) is 6.44. The lowest BCUT2D eigenvalue weighted by atomic mass is 9.71. The van der Waals surface area contributed by atoms with Crippen molar-refractivity contribution in [2.45, 2.75) is 45.3 Å². The number of likely N-dealkylation sites (tertiary alicyclic amines) is 2. The van der Waals surface area contributed by atoms with E-state index in [4.69, 9.17) is 4.74 Å². The van der Waals surface area contributed by atoms with Gasteiger partial charge in [0.05, 0.1) is 12.6 Å². The van der Waals surface area contributed by atoms with Crippen LogP contribution in [0, 0.1) is 5.41 Å². The molecule has 1 spiro atoms. The highest BCUT2D eigenvalue weighted by atomic mass is 32.1. The SMILES string of the molecule is CCCOCC(=O)N1CCC[C@@]2(CN(Cc3nccs3)CC[C@H]2O)C1. The Balaban J connectivity index is 1.62. The number of carbonyl (C=O) groups is 1. The van der Waals surface area contributed by atoms with Gasteiger partial charge in [-0.1, -0.05) is 6.92 Å². The van der Waals surface area contributed by atoms with Gasteiger partial charge in [-0.25, -0.2) is 4.98 Å². The molecule has 0 saturated carbocycles. The number of piperidine rings is 2. The first kappa shape index (κ1) is 18.8. The molecule has 3 heterocycles. The third kappa shape index (κ3) is 4.58. The number of nitrogens with zero attached hydrogens (tertiary/aromatic N) is 3. The largest absolute Gasteiger partial charge is 0.392 e. The second-order valence-electron chi connectivity index (χ2n) is 7.27. The fraction of sp³-hybridized carbons (Fsp3) is 0.778. The van der Waals surface area contributed by atoms with Crippen LogP contribution in [0.3, 0.4) is 0 Å². The van der Waals surface area contributed by atoms with Crippen LogP contribution in [0.15, 0.2) is 11.6 Å². The highest BCUT2D eigenvalue weighted by Gasteiger charge is 2.46. The third-order valence-electron chi connectivity index (χ3n) is 5.34. The minimum Gasteiger partial charge on any atom is -0.392 e. The maximum absolute atomic E-state index is 12.4. The summed E-state index contributed by atoms with van der Waals surface area (Å²) in [7, 11) is 0. The topological polar surface area (TPSA) is 65.9 Å². The molecule has 0 radical (unpaired) electrons. The Morgan fingerprint density at radius 3 is 3.12 bits per heavy atom. The first-order valence-electron chi connectivity index (χ1n) is 9.27. The molecular weight excluding hydrogens is 338 g/mol. The normalized spacial score (nSPS) is 27.8. The number of aliphatic hydroxyl groups is 1. The highest BCUT2D eigenvalue weighted by Crippen LogP contribution is 2.39. The van der Waals surface area contributed by atoms with Crippen LogP contribution in [0.2, 0.25) is 0 Å². The average Bonchev–Trinajstić information content (AvgIpc) is 3.12. The van der Waals surface area contributed by atoms with Gasteiger partial charge in [0.1, 0.15) is 11.6 Å². The number of amides is 1. The van der Waals surface area contributed by atoms with Crippen molar-refractivity contribution in [1.29, 1.82) is 0 Å². The van der Waals surface area contributed by atoms with E-state index in [0.717, 1.165) is 56.9 Å². The molecule has 0 bridgehead atoms. The number of ether oxygens (including phenoxy) is 1. The van der Waals surface area contributed by atoms with Crippen molar-refractivity contribution in [3.8, 4) is 0 Å². The van der Waals surface area contributed by atoms with E-state index >= 15 is 0 Å². The highest BCUT2D eigenvalue weighted by molar-refractivity contribution is 7.09. The van der Waals surface area contributed by atoms with E-state index in [1.54, 1.807) is 11.3 Å². The van der Waals surface area contributed by atoms with Crippen molar-refractivity contribution in [3.05, 3.63) is 16.6 Å². The summed E-state index contributed by atoms with van der Waals surface area (Å²) in [6.45, 7) is 6.77. The first-order chi connectivity index (χ1) is 12.1. The zero-order chi connectivity index (χ0) is 17.7. The van der Waals surface area contributed by atoms with Gasteiger partial charge < -0.3 is 14.7 Å². The van der Waals surface area contributed by atoms with Crippen LogP contribution < -0.4 is 0 Å². The molecule has 1 amide bonds. The van der Waals surface area contributed by atoms with Crippen LogP contribution in [0.5, 0.6) is 0 Å². The quantitative estimate of drug-likeness (QED) is 0.776. The van der Waals surface area contributed by atoms with E-state index in [9.17, 15) is 9.90 Å². The van der Waals surface area contributed by atoms with Crippen molar-refractivity contribution in [2.75, 3.05) is 39.4 Å². The molecule has 140 valence electrons. The molecule has 2 saturated heterocycles. The molecule has 25 heavy (non-hydrogen) atoms. The number of hydrogen-bond donors (Lipinski definition) is 1. The number of aliphatic hydroxyl groups excluding tert-OH is 1. The van der Waals surface area contributed by atoms with E-state index in [1.807, 2.05) is 23.4 Å². The van der Waals surface area contributed by atoms with Gasteiger partial charge in [-0.05, 0) is 25.7 Å². The summed E-state index contributed by atoms with van der Waals surface area (Å²) < 4.78 is 5.42. The van der Waals surface area contributed by atoms with Crippen molar-refractivity contribution in [1.82, 2.24) is 14.8 Å². The lowest BCUT2D eigenvalue weighted by Crippen LogP contribution is -2.59. The van der Waals surface area contributed by atoms with Gasteiger partial charge in [-0.2, -0.15) is 0 Å². The van der Waals surface area contributed by atoms with Crippen LogP contribution in [0.4, 0.5) is 0 Å². The molecule has 0 aromatic carbocycles. The van der Waals surface area contributed by atoms with E-state index in [1.165, 1.54) is 0 Å². The van der Waals surface area contributed by atoms with Gasteiger partial charge in [0.15, 0.2) is 0 Å². The molecule has 2 fully saturated rings. The van der Waals surface area contributed by atoms with Crippen LogP contribution >= 0.6 is 11.3 Å². The molecule has 7 heteroatoms. The smallest absolute Gasteiger partial charge is 0.248 e. The predicted molar refractivity (Wildman–Crippen MR) is 97.4 cm³/mol. The molecule has 6 nitrogen and oxygen atoms in total. The van der Waals surface area contributed by atoms with E-state index < -0.39 is 0 Å². The number of rotatable bonds is 6. The van der Waals surface area contributed by atoms with Crippen molar-refractivity contribution in [3.63, 3.8) is 0 Å². The third-order valence-corrected chi connectivity index (χ3v) is 6.11. The first-order valence-corrected chi connectivity index (χ1v) is 10.2. The number of aromatic nitrogens is 1. The van der Waals surface area contributed by atoms with Crippen LogP contribution in [-0.2, 0) is 16.1 Å². The van der Waals surface area contributed by atoms with E-state index in [-0.39, 0.29) is 24.0 Å². The monoisotopic (exact) mass is 367 g/mol. The number of carbonyl (C=O) groups excluding carboxylic acids is 1. The van der Waals surface area contributed by atoms with Crippen molar-refractivity contribution >= 4 is 17.2 Å². The summed E-state index contributed by atoms with van der Waals surface area (Å²) in [4.78, 5) is 21.1. The molecule has 2 aliphatic heterocycles. The molecular formula is C18H29N3O3S. The zero-order valence-electron chi connectivity index (χ0n) is 15.0. The van der Waals surface area contributed by atoms with Gasteiger partial charge in [-0.15, -0.1) is 11.3 Å². The summed E-state index contributed by atoms with van der Waals surface area (Å²) in [5.41, 5.74) is -0.214. The summed E-state index contributed by atoms with van der Waals surface area (Å²) in [6.07, 6.45) is 5.10. The Morgan fingerprint density at radius 2 is 2.36 bits per heavy atom. The summed E-state index contributed by atoms with van der Waals surface area (Å²) in [5.74, 6) is 0.0526.